The average molecular weight is 315 g/mol. The van der Waals surface area contributed by atoms with E-state index in [1.165, 1.54) is 0 Å². The van der Waals surface area contributed by atoms with E-state index in [-0.39, 0.29) is 11.9 Å². The number of piperidine rings is 1. The van der Waals surface area contributed by atoms with E-state index in [4.69, 9.17) is 28.9 Å². The first-order valence-electron chi connectivity index (χ1n) is 6.94. The fraction of sp³-hybridized carbons (Fsp3) is 0.533. The summed E-state index contributed by atoms with van der Waals surface area (Å²) in [7, 11) is 0. The second-order valence-electron chi connectivity index (χ2n) is 5.50. The number of nitrogens with zero attached hydrogens (tertiary/aromatic N) is 1. The highest BCUT2D eigenvalue weighted by atomic mass is 35.5. The molecule has 1 unspecified atom stereocenters. The Balaban J connectivity index is 1.91. The topological polar surface area (TPSA) is 46.3 Å². The van der Waals surface area contributed by atoms with Crippen LogP contribution in [0.4, 0.5) is 0 Å². The molecule has 0 radical (unpaired) electrons. The van der Waals surface area contributed by atoms with Gasteiger partial charge in [0.05, 0.1) is 16.5 Å². The third-order valence-corrected chi connectivity index (χ3v) is 4.71. The minimum absolute atomic E-state index is 0.145. The molecule has 0 bridgehead atoms. The van der Waals surface area contributed by atoms with Crippen LogP contribution in [0.3, 0.4) is 0 Å². The van der Waals surface area contributed by atoms with Crippen LogP contribution < -0.4 is 5.73 Å². The van der Waals surface area contributed by atoms with Crippen LogP contribution in [-0.2, 0) is 11.2 Å². The number of halogens is 2. The van der Waals surface area contributed by atoms with Crippen LogP contribution in [0.15, 0.2) is 18.2 Å². The highest BCUT2D eigenvalue weighted by Gasteiger charge is 2.24. The molecule has 1 atom stereocenters. The van der Waals surface area contributed by atoms with Crippen molar-refractivity contribution in [2.45, 2.75) is 32.2 Å². The number of carbonyl (C=O) groups is 1. The zero-order valence-electron chi connectivity index (χ0n) is 11.6. The summed E-state index contributed by atoms with van der Waals surface area (Å²) in [6.07, 6.45) is 2.36. The molecule has 20 heavy (non-hydrogen) atoms. The highest BCUT2D eigenvalue weighted by molar-refractivity contribution is 6.42. The van der Waals surface area contributed by atoms with Gasteiger partial charge in [-0.2, -0.15) is 0 Å². The van der Waals surface area contributed by atoms with Gasteiger partial charge in [0, 0.05) is 19.1 Å². The molecule has 0 aromatic heterocycles. The first-order valence-corrected chi connectivity index (χ1v) is 7.70. The molecule has 0 saturated carbocycles. The maximum atomic E-state index is 12.3. The van der Waals surface area contributed by atoms with E-state index >= 15 is 0 Å². The normalized spacial score (nSPS) is 18.1. The zero-order valence-corrected chi connectivity index (χ0v) is 13.1. The number of carbonyl (C=O) groups excluding carboxylic acids is 1. The minimum Gasteiger partial charge on any atom is -0.342 e. The quantitative estimate of drug-likeness (QED) is 0.931. The number of benzene rings is 1. The van der Waals surface area contributed by atoms with E-state index < -0.39 is 0 Å². The van der Waals surface area contributed by atoms with Gasteiger partial charge in [-0.05, 0) is 43.4 Å². The van der Waals surface area contributed by atoms with Crippen LogP contribution in [0.2, 0.25) is 10.0 Å². The monoisotopic (exact) mass is 314 g/mol. The Morgan fingerprint density at radius 2 is 2.00 bits per heavy atom. The smallest absolute Gasteiger partial charge is 0.226 e. The van der Waals surface area contributed by atoms with Crippen molar-refractivity contribution >= 4 is 29.1 Å². The molecular weight excluding hydrogens is 295 g/mol. The summed E-state index contributed by atoms with van der Waals surface area (Å²) in [4.78, 5) is 14.2. The summed E-state index contributed by atoms with van der Waals surface area (Å²) in [6.45, 7) is 3.64. The lowest BCUT2D eigenvalue weighted by Crippen LogP contribution is -2.43. The van der Waals surface area contributed by atoms with Gasteiger partial charge in [-0.3, -0.25) is 4.79 Å². The predicted octanol–water partition coefficient (Wildman–Crippen LogP) is 3.12. The van der Waals surface area contributed by atoms with Crippen molar-refractivity contribution in [3.05, 3.63) is 33.8 Å². The lowest BCUT2D eigenvalue weighted by Gasteiger charge is -2.33. The SMILES string of the molecule is CC(N)C1CCN(C(=O)Cc2ccc(Cl)c(Cl)c2)CC1. The molecule has 1 fully saturated rings. The maximum absolute atomic E-state index is 12.3. The van der Waals surface area contributed by atoms with Gasteiger partial charge < -0.3 is 10.6 Å². The molecule has 1 aliphatic rings. The van der Waals surface area contributed by atoms with Gasteiger partial charge in [-0.1, -0.05) is 29.3 Å². The van der Waals surface area contributed by atoms with Crippen molar-refractivity contribution < 1.29 is 4.79 Å². The Morgan fingerprint density at radius 3 is 2.55 bits per heavy atom. The second kappa shape index (κ2) is 6.79. The second-order valence-corrected chi connectivity index (χ2v) is 6.32. The largest absolute Gasteiger partial charge is 0.342 e. The van der Waals surface area contributed by atoms with Gasteiger partial charge in [-0.15, -0.1) is 0 Å². The van der Waals surface area contributed by atoms with Gasteiger partial charge >= 0.3 is 0 Å². The molecule has 1 saturated heterocycles. The van der Waals surface area contributed by atoms with Crippen LogP contribution >= 0.6 is 23.2 Å². The molecule has 3 nitrogen and oxygen atoms in total. The van der Waals surface area contributed by atoms with E-state index in [0.29, 0.717) is 22.4 Å². The van der Waals surface area contributed by atoms with Gasteiger partial charge in [0.1, 0.15) is 0 Å². The number of likely N-dealkylation sites (tertiary alicyclic amines) is 1. The fourth-order valence-electron chi connectivity index (χ4n) is 2.61. The summed E-state index contributed by atoms with van der Waals surface area (Å²) in [5.41, 5.74) is 6.81. The van der Waals surface area contributed by atoms with Crippen LogP contribution in [0.25, 0.3) is 0 Å². The molecule has 1 heterocycles. The number of hydrogen-bond acceptors (Lipinski definition) is 2. The first kappa shape index (κ1) is 15.6. The molecule has 1 aliphatic heterocycles. The lowest BCUT2D eigenvalue weighted by molar-refractivity contribution is -0.131. The van der Waals surface area contributed by atoms with Crippen LogP contribution in [0.5, 0.6) is 0 Å². The Labute approximate surface area is 130 Å². The Kier molecular flexibility index (Phi) is 5.30. The van der Waals surface area contributed by atoms with Crippen LogP contribution in [-0.4, -0.2) is 29.9 Å². The van der Waals surface area contributed by atoms with Crippen molar-refractivity contribution in [2.75, 3.05) is 13.1 Å². The molecule has 0 aliphatic carbocycles. The summed E-state index contributed by atoms with van der Waals surface area (Å²) >= 11 is 11.8. The third-order valence-electron chi connectivity index (χ3n) is 3.98. The van der Waals surface area contributed by atoms with Gasteiger partial charge in [0.15, 0.2) is 0 Å². The zero-order chi connectivity index (χ0) is 14.7. The first-order chi connectivity index (χ1) is 9.47. The van der Waals surface area contributed by atoms with Crippen LogP contribution in [0, 0.1) is 5.92 Å². The summed E-state index contributed by atoms with van der Waals surface area (Å²) < 4.78 is 0. The summed E-state index contributed by atoms with van der Waals surface area (Å²) in [6, 6.07) is 5.55. The fourth-order valence-corrected chi connectivity index (χ4v) is 2.93. The van der Waals surface area contributed by atoms with E-state index in [1.807, 2.05) is 17.9 Å². The van der Waals surface area contributed by atoms with E-state index in [0.717, 1.165) is 31.5 Å². The number of hydrogen-bond donors (Lipinski definition) is 1. The van der Waals surface area contributed by atoms with Crippen molar-refractivity contribution in [3.63, 3.8) is 0 Å². The Bertz CT molecular complexity index is 483. The predicted molar refractivity (Wildman–Crippen MR) is 83.1 cm³/mol. The molecule has 110 valence electrons. The number of amides is 1. The van der Waals surface area contributed by atoms with Crippen molar-refractivity contribution in [1.29, 1.82) is 0 Å². The van der Waals surface area contributed by atoms with Crippen molar-refractivity contribution in [2.24, 2.45) is 11.7 Å². The van der Waals surface area contributed by atoms with E-state index in [1.54, 1.807) is 12.1 Å². The molecule has 2 N–H and O–H groups in total. The Morgan fingerprint density at radius 1 is 1.35 bits per heavy atom. The standard InChI is InChI=1S/C15H20Cl2N2O/c1-10(18)12-4-6-19(7-5-12)15(20)9-11-2-3-13(16)14(17)8-11/h2-3,8,10,12H,4-7,9,18H2,1H3. The molecule has 1 amide bonds. The molecular formula is C15H20Cl2N2O. The molecule has 2 rings (SSSR count). The van der Waals surface area contributed by atoms with Crippen LogP contribution in [0.1, 0.15) is 25.3 Å². The van der Waals surface area contributed by atoms with Crippen molar-refractivity contribution in [1.82, 2.24) is 4.90 Å². The number of rotatable bonds is 3. The molecule has 1 aromatic rings. The van der Waals surface area contributed by atoms with E-state index in [9.17, 15) is 4.79 Å². The van der Waals surface area contributed by atoms with Crippen molar-refractivity contribution in [3.8, 4) is 0 Å². The number of nitrogens with two attached hydrogens (primary N) is 1. The molecule has 5 heteroatoms. The Hall–Kier alpha value is -0.770. The molecule has 0 spiro atoms. The van der Waals surface area contributed by atoms with Gasteiger partial charge in [0.2, 0.25) is 5.91 Å². The summed E-state index contributed by atoms with van der Waals surface area (Å²) in [5, 5.41) is 1.01. The summed E-state index contributed by atoms with van der Waals surface area (Å²) in [5.74, 6) is 0.676. The van der Waals surface area contributed by atoms with E-state index in [2.05, 4.69) is 0 Å². The third kappa shape index (κ3) is 3.87. The molecule has 1 aromatic carbocycles. The van der Waals surface area contributed by atoms with Gasteiger partial charge in [0.25, 0.3) is 0 Å². The average Bonchev–Trinajstić information content (AvgIpc) is 2.43. The van der Waals surface area contributed by atoms with Gasteiger partial charge in [-0.25, -0.2) is 0 Å². The highest BCUT2D eigenvalue weighted by Crippen LogP contribution is 2.24. The lowest BCUT2D eigenvalue weighted by atomic mass is 9.91. The maximum Gasteiger partial charge on any atom is 0.226 e. The minimum atomic E-state index is 0.145.